The SMILES string of the molecule is COc1cccc(Oc2c(NS(=O)(=O)c3ccc(SC)cc3)cc(C(=O)N3CCOCC3)cc2OCCOc2ccccn2)c1. The average Bonchev–Trinajstić information content (AvgIpc) is 3.08. The first-order chi connectivity index (χ1) is 21.9. The van der Waals surface area contributed by atoms with Gasteiger partial charge in [0.15, 0.2) is 11.5 Å². The lowest BCUT2D eigenvalue weighted by Gasteiger charge is -2.27. The van der Waals surface area contributed by atoms with Crippen molar-refractivity contribution in [3.63, 3.8) is 0 Å². The van der Waals surface area contributed by atoms with Crippen molar-refractivity contribution in [2.24, 2.45) is 0 Å². The quantitative estimate of drug-likeness (QED) is 0.150. The monoisotopic (exact) mass is 651 g/mol. The number of thioether (sulfide) groups is 1. The highest BCUT2D eigenvalue weighted by atomic mass is 32.2. The zero-order valence-corrected chi connectivity index (χ0v) is 26.4. The minimum atomic E-state index is -4.11. The fourth-order valence-electron chi connectivity index (χ4n) is 4.43. The van der Waals surface area contributed by atoms with Crippen molar-refractivity contribution in [2.45, 2.75) is 9.79 Å². The Morgan fingerprint density at radius 3 is 2.42 bits per heavy atom. The number of sulfonamides is 1. The summed E-state index contributed by atoms with van der Waals surface area (Å²) in [5, 5.41) is 0. The molecule has 0 atom stereocenters. The van der Waals surface area contributed by atoms with Crippen molar-refractivity contribution in [1.29, 1.82) is 0 Å². The molecule has 1 fully saturated rings. The van der Waals surface area contributed by atoms with Crippen molar-refractivity contribution < 1.29 is 36.9 Å². The molecule has 13 heteroatoms. The zero-order valence-electron chi connectivity index (χ0n) is 24.8. The molecule has 236 valence electrons. The first kappa shape index (κ1) is 31.9. The molecule has 1 aliphatic heterocycles. The van der Waals surface area contributed by atoms with Crippen LogP contribution in [0.3, 0.4) is 0 Å². The van der Waals surface area contributed by atoms with E-state index in [1.165, 1.54) is 37.1 Å². The second-order valence-corrected chi connectivity index (χ2v) is 12.2. The molecule has 4 aromatic rings. The van der Waals surface area contributed by atoms with Crippen molar-refractivity contribution in [3.8, 4) is 28.9 Å². The van der Waals surface area contributed by atoms with Crippen LogP contribution in [0, 0.1) is 0 Å². The molecule has 0 saturated carbocycles. The van der Waals surface area contributed by atoms with Gasteiger partial charge in [0.05, 0.1) is 30.9 Å². The van der Waals surface area contributed by atoms with E-state index in [1.54, 1.807) is 71.8 Å². The topological polar surface area (TPSA) is 126 Å². The van der Waals surface area contributed by atoms with Gasteiger partial charge >= 0.3 is 0 Å². The Kier molecular flexibility index (Phi) is 10.7. The number of anilines is 1. The van der Waals surface area contributed by atoms with Gasteiger partial charge < -0.3 is 28.6 Å². The van der Waals surface area contributed by atoms with E-state index in [0.29, 0.717) is 43.7 Å². The van der Waals surface area contributed by atoms with Gasteiger partial charge in [0.25, 0.3) is 15.9 Å². The Morgan fingerprint density at radius 1 is 0.956 bits per heavy atom. The molecule has 5 rings (SSSR count). The molecule has 1 aliphatic rings. The number of hydrogen-bond donors (Lipinski definition) is 1. The normalized spacial score (nSPS) is 13.2. The lowest BCUT2D eigenvalue weighted by atomic mass is 10.1. The highest BCUT2D eigenvalue weighted by molar-refractivity contribution is 7.98. The van der Waals surface area contributed by atoms with E-state index in [0.717, 1.165) is 4.90 Å². The van der Waals surface area contributed by atoms with Crippen LogP contribution in [-0.4, -0.2) is 77.1 Å². The number of pyridine rings is 1. The minimum absolute atomic E-state index is 0.0199. The number of amides is 1. The van der Waals surface area contributed by atoms with Crippen LogP contribution in [0.4, 0.5) is 5.69 Å². The number of benzene rings is 3. The molecule has 0 bridgehead atoms. The summed E-state index contributed by atoms with van der Waals surface area (Å²) in [5.41, 5.74) is 0.234. The van der Waals surface area contributed by atoms with Crippen molar-refractivity contribution in [3.05, 3.63) is 90.6 Å². The Bertz CT molecular complexity index is 1700. The third-order valence-corrected chi connectivity index (χ3v) is 8.83. The number of aromatic nitrogens is 1. The van der Waals surface area contributed by atoms with Gasteiger partial charge in [0.2, 0.25) is 5.88 Å². The Labute approximate surface area is 266 Å². The highest BCUT2D eigenvalue weighted by Gasteiger charge is 2.26. The molecule has 0 spiro atoms. The van der Waals surface area contributed by atoms with Crippen LogP contribution in [0.15, 0.2) is 94.9 Å². The smallest absolute Gasteiger partial charge is 0.262 e. The third-order valence-electron chi connectivity index (χ3n) is 6.70. The molecule has 1 aromatic heterocycles. The maximum absolute atomic E-state index is 13.6. The number of ether oxygens (including phenoxy) is 5. The zero-order chi connectivity index (χ0) is 31.6. The van der Waals surface area contributed by atoms with Crippen LogP contribution in [0.5, 0.6) is 28.9 Å². The minimum Gasteiger partial charge on any atom is -0.497 e. The summed E-state index contributed by atoms with van der Waals surface area (Å²) in [5.74, 6) is 1.22. The number of methoxy groups -OCH3 is 1. The maximum Gasteiger partial charge on any atom is 0.262 e. The molecular weight excluding hydrogens is 618 g/mol. The Balaban J connectivity index is 1.54. The molecule has 1 saturated heterocycles. The summed E-state index contributed by atoms with van der Waals surface area (Å²) < 4.78 is 58.7. The standard InChI is InChI=1S/C32H33N3O8S2/c1-39-24-6-5-7-25(22-24)43-31-28(34-45(37,38)27-11-9-26(44-2)10-12-27)20-23(32(36)35-14-16-40-17-15-35)21-29(31)41-18-19-42-30-8-3-4-13-33-30/h3-13,20-22,34H,14-19H2,1-2H3. The molecule has 11 nitrogen and oxygen atoms in total. The lowest BCUT2D eigenvalue weighted by molar-refractivity contribution is 0.0302. The fraction of sp³-hybridized carbons (Fsp3) is 0.250. The van der Waals surface area contributed by atoms with E-state index < -0.39 is 10.0 Å². The van der Waals surface area contributed by atoms with Crippen molar-refractivity contribution >= 4 is 33.4 Å². The van der Waals surface area contributed by atoms with Crippen LogP contribution in [0.1, 0.15) is 10.4 Å². The predicted molar refractivity (Wildman–Crippen MR) is 170 cm³/mol. The lowest BCUT2D eigenvalue weighted by Crippen LogP contribution is -2.40. The van der Waals surface area contributed by atoms with Crippen molar-refractivity contribution in [2.75, 3.05) is 57.6 Å². The summed E-state index contributed by atoms with van der Waals surface area (Å²) in [4.78, 5) is 20.4. The first-order valence-electron chi connectivity index (χ1n) is 14.1. The van der Waals surface area contributed by atoms with Crippen LogP contribution < -0.4 is 23.7 Å². The largest absolute Gasteiger partial charge is 0.497 e. The van der Waals surface area contributed by atoms with Crippen molar-refractivity contribution in [1.82, 2.24) is 9.88 Å². The number of carbonyl (C=O) groups is 1. The Hall–Kier alpha value is -4.46. The van der Waals surface area contributed by atoms with E-state index in [9.17, 15) is 13.2 Å². The fourth-order valence-corrected chi connectivity index (χ4v) is 5.90. The summed E-state index contributed by atoms with van der Waals surface area (Å²) in [7, 11) is -2.58. The van der Waals surface area contributed by atoms with E-state index in [1.807, 2.05) is 6.26 Å². The summed E-state index contributed by atoms with van der Waals surface area (Å²) >= 11 is 1.50. The average molecular weight is 652 g/mol. The van der Waals surface area contributed by atoms with Gasteiger partial charge in [-0.25, -0.2) is 13.4 Å². The molecule has 1 amide bonds. The summed E-state index contributed by atoms with van der Waals surface area (Å²) in [6.07, 6.45) is 3.52. The van der Waals surface area contributed by atoms with E-state index in [2.05, 4.69) is 9.71 Å². The third kappa shape index (κ3) is 8.38. The Morgan fingerprint density at radius 2 is 1.71 bits per heavy atom. The van der Waals surface area contributed by atoms with Gasteiger partial charge in [-0.3, -0.25) is 9.52 Å². The number of morpholine rings is 1. The van der Waals surface area contributed by atoms with Crippen LogP contribution >= 0.6 is 11.8 Å². The number of nitrogens with one attached hydrogen (secondary N) is 1. The molecule has 45 heavy (non-hydrogen) atoms. The molecular formula is C32H33N3O8S2. The molecule has 0 unspecified atom stereocenters. The predicted octanol–water partition coefficient (Wildman–Crippen LogP) is 5.34. The second-order valence-electron chi connectivity index (χ2n) is 9.68. The molecule has 0 aliphatic carbocycles. The van der Waals surface area contributed by atoms with Gasteiger partial charge in [0, 0.05) is 41.9 Å². The molecule has 2 heterocycles. The summed E-state index contributed by atoms with van der Waals surface area (Å²) in [6, 6.07) is 21.6. The second kappa shape index (κ2) is 15.0. The maximum atomic E-state index is 13.6. The van der Waals surface area contributed by atoms with Crippen LogP contribution in [0.25, 0.3) is 0 Å². The summed E-state index contributed by atoms with van der Waals surface area (Å²) in [6.45, 7) is 1.78. The van der Waals surface area contributed by atoms with E-state index >= 15 is 0 Å². The van der Waals surface area contributed by atoms with Crippen LogP contribution in [0.2, 0.25) is 0 Å². The number of rotatable bonds is 13. The van der Waals surface area contributed by atoms with Gasteiger partial charge in [-0.2, -0.15) is 0 Å². The molecule has 0 radical (unpaired) electrons. The van der Waals surface area contributed by atoms with Gasteiger partial charge in [-0.05, 0) is 60.9 Å². The van der Waals surface area contributed by atoms with E-state index in [-0.39, 0.29) is 46.8 Å². The number of hydrogen-bond acceptors (Lipinski definition) is 10. The number of carbonyl (C=O) groups excluding carboxylic acids is 1. The first-order valence-corrected chi connectivity index (χ1v) is 16.8. The van der Waals surface area contributed by atoms with Gasteiger partial charge in [-0.15, -0.1) is 11.8 Å². The highest BCUT2D eigenvalue weighted by Crippen LogP contribution is 2.42. The molecule has 1 N–H and O–H groups in total. The van der Waals surface area contributed by atoms with E-state index in [4.69, 9.17) is 23.7 Å². The van der Waals surface area contributed by atoms with Gasteiger partial charge in [-0.1, -0.05) is 12.1 Å². The van der Waals surface area contributed by atoms with Crippen LogP contribution in [-0.2, 0) is 14.8 Å². The van der Waals surface area contributed by atoms with Gasteiger partial charge in [0.1, 0.15) is 24.7 Å². The molecule has 3 aromatic carbocycles. The number of nitrogens with zero attached hydrogens (tertiary/aromatic N) is 2.